The summed E-state index contributed by atoms with van der Waals surface area (Å²) in [5.41, 5.74) is 7.75. The van der Waals surface area contributed by atoms with Gasteiger partial charge in [-0.1, -0.05) is 11.6 Å². The van der Waals surface area contributed by atoms with Crippen LogP contribution in [0.3, 0.4) is 0 Å². The van der Waals surface area contributed by atoms with E-state index in [1.807, 2.05) is 18.5 Å². The van der Waals surface area contributed by atoms with Crippen LogP contribution >= 0.6 is 11.6 Å². The van der Waals surface area contributed by atoms with E-state index in [-0.39, 0.29) is 0 Å². The lowest BCUT2D eigenvalue weighted by molar-refractivity contribution is 0.143. The molecule has 0 amide bonds. The second-order valence-corrected chi connectivity index (χ2v) is 4.33. The topological polar surface area (TPSA) is 68.7 Å². The van der Waals surface area contributed by atoms with Crippen molar-refractivity contribution in [3.05, 3.63) is 23.1 Å². The molecule has 1 atom stereocenters. The Hall–Kier alpha value is -1.53. The predicted octanol–water partition coefficient (Wildman–Crippen LogP) is 1.40. The summed E-state index contributed by atoms with van der Waals surface area (Å²) >= 11 is 6.09. The number of hydrogen-bond donors (Lipinski definition) is 1. The second kappa shape index (κ2) is 4.99. The van der Waals surface area contributed by atoms with Gasteiger partial charge in [0.15, 0.2) is 6.23 Å². The molecule has 0 aromatic carbocycles. The fourth-order valence-electron chi connectivity index (χ4n) is 1.96. The number of methoxy groups -OCH3 is 1. The van der Waals surface area contributed by atoms with Gasteiger partial charge in [0.2, 0.25) is 5.96 Å². The molecular formula is C11H16ClN5O. The van der Waals surface area contributed by atoms with E-state index in [0.717, 1.165) is 17.9 Å². The van der Waals surface area contributed by atoms with Crippen LogP contribution in [-0.4, -0.2) is 29.1 Å². The van der Waals surface area contributed by atoms with Crippen molar-refractivity contribution >= 4 is 23.2 Å². The molecule has 6 nitrogen and oxygen atoms in total. The third-order valence-electron chi connectivity index (χ3n) is 2.90. The first-order valence-electron chi connectivity index (χ1n) is 5.63. The van der Waals surface area contributed by atoms with Gasteiger partial charge in [0, 0.05) is 19.9 Å². The first kappa shape index (κ1) is 12.9. The van der Waals surface area contributed by atoms with E-state index in [2.05, 4.69) is 10.1 Å². The molecular weight excluding hydrogens is 254 g/mol. The summed E-state index contributed by atoms with van der Waals surface area (Å²) in [7, 11) is 1.58. The molecule has 0 bridgehead atoms. The average molecular weight is 270 g/mol. The van der Waals surface area contributed by atoms with Crippen LogP contribution in [0.15, 0.2) is 22.4 Å². The molecule has 7 heteroatoms. The minimum absolute atomic E-state index is 0.338. The molecule has 98 valence electrons. The van der Waals surface area contributed by atoms with Gasteiger partial charge in [0.05, 0.1) is 22.6 Å². The molecule has 2 heterocycles. The minimum atomic E-state index is -0.461. The van der Waals surface area contributed by atoms with Crippen LogP contribution in [0.25, 0.3) is 0 Å². The monoisotopic (exact) mass is 269 g/mol. The van der Waals surface area contributed by atoms with Crippen LogP contribution in [0, 0.1) is 6.92 Å². The number of rotatable bonds is 3. The van der Waals surface area contributed by atoms with Crippen molar-refractivity contribution in [1.82, 2.24) is 9.78 Å². The first-order valence-corrected chi connectivity index (χ1v) is 6.01. The molecule has 0 spiro atoms. The van der Waals surface area contributed by atoms with Gasteiger partial charge in [0.1, 0.15) is 0 Å². The lowest BCUT2D eigenvalue weighted by Crippen LogP contribution is -2.48. The highest BCUT2D eigenvalue weighted by Gasteiger charge is 2.30. The van der Waals surface area contributed by atoms with E-state index in [0.29, 0.717) is 11.0 Å². The molecule has 0 radical (unpaired) electrons. The molecule has 2 rings (SSSR count). The van der Waals surface area contributed by atoms with Gasteiger partial charge in [0.25, 0.3) is 0 Å². The summed E-state index contributed by atoms with van der Waals surface area (Å²) in [6, 6.07) is 0. The van der Waals surface area contributed by atoms with Crippen molar-refractivity contribution in [2.24, 2.45) is 10.7 Å². The summed E-state index contributed by atoms with van der Waals surface area (Å²) in [5.74, 6) is 0.338. The Kier molecular flexibility index (Phi) is 3.58. The molecule has 1 aliphatic heterocycles. The third-order valence-corrected chi connectivity index (χ3v) is 3.18. The summed E-state index contributed by atoms with van der Waals surface area (Å²) < 4.78 is 7.24. The van der Waals surface area contributed by atoms with Crippen LogP contribution in [0.2, 0.25) is 0 Å². The summed E-state index contributed by atoms with van der Waals surface area (Å²) in [6.07, 6.45) is 2.78. The largest absolute Gasteiger partial charge is 0.369 e. The number of nitrogens with zero attached hydrogens (tertiary/aromatic N) is 4. The van der Waals surface area contributed by atoms with E-state index < -0.39 is 6.23 Å². The highest BCUT2D eigenvalue weighted by Crippen LogP contribution is 2.28. The third kappa shape index (κ3) is 1.97. The number of ether oxygens (including phenoxy) is 1. The average Bonchev–Trinajstić information content (AvgIpc) is 2.73. The number of aryl methyl sites for hydroxylation is 1. The van der Waals surface area contributed by atoms with Gasteiger partial charge >= 0.3 is 0 Å². The molecule has 2 N–H and O–H groups in total. The summed E-state index contributed by atoms with van der Waals surface area (Å²) in [6.45, 7) is 4.79. The van der Waals surface area contributed by atoms with Gasteiger partial charge in [-0.25, -0.2) is 4.99 Å². The molecule has 1 aliphatic rings. The van der Waals surface area contributed by atoms with Gasteiger partial charge in [-0.2, -0.15) is 5.10 Å². The maximum atomic E-state index is 6.09. The summed E-state index contributed by atoms with van der Waals surface area (Å²) in [5, 5.41) is 4.77. The van der Waals surface area contributed by atoms with Crippen molar-refractivity contribution in [3.63, 3.8) is 0 Å². The van der Waals surface area contributed by atoms with Gasteiger partial charge in [-0.15, -0.1) is 0 Å². The zero-order chi connectivity index (χ0) is 13.3. The van der Waals surface area contributed by atoms with Gasteiger partial charge in [-0.3, -0.25) is 9.58 Å². The van der Waals surface area contributed by atoms with E-state index in [1.54, 1.807) is 18.2 Å². The van der Waals surface area contributed by atoms with Crippen molar-refractivity contribution in [1.29, 1.82) is 0 Å². The van der Waals surface area contributed by atoms with Crippen LogP contribution in [0.1, 0.15) is 12.6 Å². The van der Waals surface area contributed by atoms with Crippen LogP contribution in [0.4, 0.5) is 5.69 Å². The first-order chi connectivity index (χ1) is 8.60. The Balaban J connectivity index is 2.44. The fourth-order valence-corrected chi connectivity index (χ4v) is 2.19. The van der Waals surface area contributed by atoms with Crippen molar-refractivity contribution in [2.45, 2.75) is 26.6 Å². The number of aliphatic imine (C=N–C) groups is 1. The fraction of sp³-hybridized carbons (Fsp3) is 0.455. The number of aromatic nitrogens is 2. The number of anilines is 1. The van der Waals surface area contributed by atoms with Crippen LogP contribution in [-0.2, 0) is 11.3 Å². The zero-order valence-electron chi connectivity index (χ0n) is 10.6. The van der Waals surface area contributed by atoms with Gasteiger partial charge in [-0.05, 0) is 13.8 Å². The lowest BCUT2D eigenvalue weighted by Gasteiger charge is -2.32. The van der Waals surface area contributed by atoms with Crippen molar-refractivity contribution in [3.8, 4) is 0 Å². The Labute approximate surface area is 111 Å². The molecule has 0 fully saturated rings. The summed E-state index contributed by atoms with van der Waals surface area (Å²) in [4.78, 5) is 5.79. The number of guanidine groups is 1. The Morgan fingerprint density at radius 1 is 1.56 bits per heavy atom. The van der Waals surface area contributed by atoms with E-state index in [9.17, 15) is 0 Å². The van der Waals surface area contributed by atoms with E-state index in [4.69, 9.17) is 22.1 Å². The maximum Gasteiger partial charge on any atom is 0.203 e. The van der Waals surface area contributed by atoms with Crippen molar-refractivity contribution < 1.29 is 4.74 Å². The normalized spacial score (nSPS) is 19.8. The van der Waals surface area contributed by atoms with E-state index >= 15 is 0 Å². The van der Waals surface area contributed by atoms with Crippen LogP contribution < -0.4 is 10.6 Å². The smallest absolute Gasteiger partial charge is 0.203 e. The maximum absolute atomic E-state index is 6.09. The standard InChI is InChI=1S/C11H16ClN5O/c1-4-16-7(2)9(6-15-16)17-10(18-3)8(12)5-14-11(17)13/h5-6,10H,4H2,1-3H3,(H2,13,14). The Bertz CT molecular complexity index is 508. The van der Waals surface area contributed by atoms with Crippen molar-refractivity contribution in [2.75, 3.05) is 12.0 Å². The zero-order valence-corrected chi connectivity index (χ0v) is 11.3. The quantitative estimate of drug-likeness (QED) is 0.901. The lowest BCUT2D eigenvalue weighted by atomic mass is 10.3. The molecule has 18 heavy (non-hydrogen) atoms. The van der Waals surface area contributed by atoms with Gasteiger partial charge < -0.3 is 10.5 Å². The van der Waals surface area contributed by atoms with E-state index in [1.165, 1.54) is 6.20 Å². The highest BCUT2D eigenvalue weighted by molar-refractivity contribution is 6.31. The molecule has 1 aromatic rings. The highest BCUT2D eigenvalue weighted by atomic mass is 35.5. The number of nitrogens with two attached hydrogens (primary N) is 1. The number of hydrogen-bond acceptors (Lipinski definition) is 5. The molecule has 0 saturated heterocycles. The SMILES string of the molecule is CCn1ncc(N2C(N)=NC=C(Cl)C2OC)c1C. The molecule has 0 saturated carbocycles. The number of halogens is 1. The minimum Gasteiger partial charge on any atom is -0.369 e. The Morgan fingerprint density at radius 2 is 2.28 bits per heavy atom. The predicted molar refractivity (Wildman–Crippen MR) is 71.5 cm³/mol. The second-order valence-electron chi connectivity index (χ2n) is 3.89. The molecule has 1 aromatic heterocycles. The van der Waals surface area contributed by atoms with Crippen LogP contribution in [0.5, 0.6) is 0 Å². The Morgan fingerprint density at radius 3 is 2.83 bits per heavy atom. The molecule has 0 aliphatic carbocycles. The molecule has 1 unspecified atom stereocenters.